The van der Waals surface area contributed by atoms with Gasteiger partial charge in [0.15, 0.2) is 5.75 Å². The van der Waals surface area contributed by atoms with Crippen LogP contribution in [-0.4, -0.2) is 38.8 Å². The molecule has 0 aliphatic rings. The number of pyridine rings is 1. The maximum atomic E-state index is 11.4. The third-order valence-electron chi connectivity index (χ3n) is 4.67. The molecule has 0 atom stereocenters. The molecule has 2 aromatic heterocycles. The molecule has 0 radical (unpaired) electrons. The van der Waals surface area contributed by atoms with E-state index in [2.05, 4.69) is 39.5 Å². The standard InChI is InChI=1S/C20H25N5O2/c1-15-20(27)19(26)10-13-24(15)11-4-5-12-25-14-18(21-22-25)16-6-8-17(9-7-16)23(2)3/h6-10,13-14,27H,4-5,11-12H2,1-3H3. The zero-order valence-corrected chi connectivity index (χ0v) is 16.0. The molecular weight excluding hydrogens is 342 g/mol. The number of aromatic hydroxyl groups is 1. The third kappa shape index (κ3) is 4.36. The van der Waals surface area contributed by atoms with E-state index in [9.17, 15) is 9.90 Å². The molecule has 142 valence electrons. The molecule has 27 heavy (non-hydrogen) atoms. The Morgan fingerprint density at radius 2 is 1.78 bits per heavy atom. The predicted molar refractivity (Wildman–Crippen MR) is 106 cm³/mol. The van der Waals surface area contributed by atoms with E-state index in [0.29, 0.717) is 5.69 Å². The van der Waals surface area contributed by atoms with Crippen LogP contribution < -0.4 is 10.3 Å². The van der Waals surface area contributed by atoms with Crippen LogP contribution in [0.15, 0.2) is 47.5 Å². The van der Waals surface area contributed by atoms with Crippen molar-refractivity contribution in [1.82, 2.24) is 19.6 Å². The highest BCUT2D eigenvalue weighted by Crippen LogP contribution is 2.20. The van der Waals surface area contributed by atoms with E-state index in [1.165, 1.54) is 6.07 Å². The van der Waals surface area contributed by atoms with Gasteiger partial charge in [-0.25, -0.2) is 0 Å². The zero-order chi connectivity index (χ0) is 19.4. The summed E-state index contributed by atoms with van der Waals surface area (Å²) >= 11 is 0. The fourth-order valence-electron chi connectivity index (χ4n) is 2.93. The van der Waals surface area contributed by atoms with Crippen LogP contribution in [0.4, 0.5) is 5.69 Å². The molecule has 0 bridgehead atoms. The third-order valence-corrected chi connectivity index (χ3v) is 4.67. The minimum atomic E-state index is -0.336. The fourth-order valence-corrected chi connectivity index (χ4v) is 2.93. The van der Waals surface area contributed by atoms with Gasteiger partial charge in [-0.2, -0.15) is 0 Å². The molecule has 1 aromatic carbocycles. The van der Waals surface area contributed by atoms with Gasteiger partial charge in [-0.1, -0.05) is 17.3 Å². The van der Waals surface area contributed by atoms with Crippen LogP contribution in [0.3, 0.4) is 0 Å². The number of hydrogen-bond acceptors (Lipinski definition) is 5. The van der Waals surface area contributed by atoms with Gasteiger partial charge in [0, 0.05) is 50.7 Å². The summed E-state index contributed by atoms with van der Waals surface area (Å²) in [4.78, 5) is 13.5. The van der Waals surface area contributed by atoms with E-state index in [-0.39, 0.29) is 11.2 Å². The van der Waals surface area contributed by atoms with E-state index >= 15 is 0 Å². The number of hydrogen-bond donors (Lipinski definition) is 1. The number of aryl methyl sites for hydroxylation is 2. The van der Waals surface area contributed by atoms with Crippen LogP contribution in [0.5, 0.6) is 5.75 Å². The quantitative estimate of drug-likeness (QED) is 0.650. The molecule has 7 heteroatoms. The largest absolute Gasteiger partial charge is 0.503 e. The molecule has 0 aliphatic heterocycles. The van der Waals surface area contributed by atoms with E-state index in [0.717, 1.165) is 42.9 Å². The lowest BCUT2D eigenvalue weighted by molar-refractivity contribution is 0.447. The highest BCUT2D eigenvalue weighted by Gasteiger charge is 2.06. The Bertz CT molecular complexity index is 957. The van der Waals surface area contributed by atoms with Crippen molar-refractivity contribution in [2.24, 2.45) is 0 Å². The summed E-state index contributed by atoms with van der Waals surface area (Å²) in [6.07, 6.45) is 5.52. The number of unbranched alkanes of at least 4 members (excludes halogenated alkanes) is 1. The Balaban J connectivity index is 1.54. The summed E-state index contributed by atoms with van der Waals surface area (Å²) in [6, 6.07) is 9.63. The smallest absolute Gasteiger partial charge is 0.223 e. The van der Waals surface area contributed by atoms with Crippen molar-refractivity contribution < 1.29 is 5.11 Å². The van der Waals surface area contributed by atoms with Gasteiger partial charge >= 0.3 is 0 Å². The van der Waals surface area contributed by atoms with Crippen molar-refractivity contribution in [3.8, 4) is 17.0 Å². The van der Waals surface area contributed by atoms with Crippen LogP contribution in [-0.2, 0) is 13.1 Å². The van der Waals surface area contributed by atoms with Gasteiger partial charge in [-0.05, 0) is 31.9 Å². The summed E-state index contributed by atoms with van der Waals surface area (Å²) in [5.41, 5.74) is 3.33. The number of nitrogens with zero attached hydrogens (tertiary/aromatic N) is 5. The molecule has 0 saturated carbocycles. The van der Waals surface area contributed by atoms with Crippen molar-refractivity contribution in [3.63, 3.8) is 0 Å². The first-order chi connectivity index (χ1) is 13.0. The molecule has 0 aliphatic carbocycles. The Labute approximate surface area is 158 Å². The molecule has 0 fully saturated rings. The zero-order valence-electron chi connectivity index (χ0n) is 16.0. The lowest BCUT2D eigenvalue weighted by Gasteiger charge is -2.12. The first-order valence-corrected chi connectivity index (χ1v) is 9.02. The molecule has 3 aromatic rings. The Morgan fingerprint density at radius 3 is 2.48 bits per heavy atom. The van der Waals surface area contributed by atoms with Gasteiger partial charge in [0.1, 0.15) is 5.69 Å². The van der Waals surface area contributed by atoms with Gasteiger partial charge in [0.2, 0.25) is 5.43 Å². The first-order valence-electron chi connectivity index (χ1n) is 9.02. The minimum Gasteiger partial charge on any atom is -0.503 e. The summed E-state index contributed by atoms with van der Waals surface area (Å²) in [5.74, 6) is -0.168. The lowest BCUT2D eigenvalue weighted by atomic mass is 10.1. The second kappa shape index (κ2) is 8.07. The van der Waals surface area contributed by atoms with E-state index in [1.807, 2.05) is 29.5 Å². The van der Waals surface area contributed by atoms with E-state index in [1.54, 1.807) is 13.1 Å². The average molecular weight is 367 g/mol. The Kier molecular flexibility index (Phi) is 5.59. The van der Waals surface area contributed by atoms with Gasteiger partial charge in [-0.15, -0.1) is 5.10 Å². The maximum absolute atomic E-state index is 11.4. The van der Waals surface area contributed by atoms with Crippen molar-refractivity contribution in [2.45, 2.75) is 32.9 Å². The van der Waals surface area contributed by atoms with Crippen LogP contribution in [0.1, 0.15) is 18.5 Å². The Hall–Kier alpha value is -3.09. The summed E-state index contributed by atoms with van der Waals surface area (Å²) in [6.45, 7) is 3.27. The number of rotatable bonds is 7. The molecule has 2 heterocycles. The van der Waals surface area contributed by atoms with Gasteiger partial charge in [-0.3, -0.25) is 9.48 Å². The van der Waals surface area contributed by atoms with Gasteiger partial charge < -0.3 is 14.6 Å². The molecule has 0 spiro atoms. The fraction of sp³-hybridized carbons (Fsp3) is 0.350. The normalized spacial score (nSPS) is 10.9. The highest BCUT2D eigenvalue weighted by atomic mass is 16.3. The Morgan fingerprint density at radius 1 is 1.07 bits per heavy atom. The van der Waals surface area contributed by atoms with Crippen molar-refractivity contribution in [2.75, 3.05) is 19.0 Å². The highest BCUT2D eigenvalue weighted by molar-refractivity contribution is 5.61. The average Bonchev–Trinajstić information content (AvgIpc) is 3.14. The van der Waals surface area contributed by atoms with Crippen molar-refractivity contribution >= 4 is 5.69 Å². The number of aromatic nitrogens is 4. The summed E-state index contributed by atoms with van der Waals surface area (Å²) in [5, 5.41) is 18.2. The minimum absolute atomic E-state index is 0.168. The number of benzene rings is 1. The molecule has 0 unspecified atom stereocenters. The molecule has 3 rings (SSSR count). The molecular formula is C20H25N5O2. The second-order valence-electron chi connectivity index (χ2n) is 6.82. The van der Waals surface area contributed by atoms with E-state index < -0.39 is 0 Å². The lowest BCUT2D eigenvalue weighted by Crippen LogP contribution is -2.10. The van der Waals surface area contributed by atoms with Crippen LogP contribution in [0.2, 0.25) is 0 Å². The monoisotopic (exact) mass is 367 g/mol. The van der Waals surface area contributed by atoms with Gasteiger partial charge in [0.05, 0.1) is 11.9 Å². The predicted octanol–water partition coefficient (Wildman–Crippen LogP) is 2.67. The second-order valence-corrected chi connectivity index (χ2v) is 6.82. The maximum Gasteiger partial charge on any atom is 0.223 e. The topological polar surface area (TPSA) is 76.2 Å². The van der Waals surface area contributed by atoms with Crippen molar-refractivity contribution in [3.05, 3.63) is 58.6 Å². The molecule has 0 saturated heterocycles. The summed E-state index contributed by atoms with van der Waals surface area (Å²) < 4.78 is 3.75. The van der Waals surface area contributed by atoms with Crippen LogP contribution in [0.25, 0.3) is 11.3 Å². The summed E-state index contributed by atoms with van der Waals surface area (Å²) in [7, 11) is 4.03. The molecule has 7 nitrogen and oxygen atoms in total. The molecule has 1 N–H and O–H groups in total. The van der Waals surface area contributed by atoms with Crippen LogP contribution in [0, 0.1) is 6.92 Å². The SMILES string of the molecule is Cc1c(O)c(=O)ccn1CCCCn1cc(-c2ccc(N(C)C)cc2)nn1. The van der Waals surface area contributed by atoms with E-state index in [4.69, 9.17) is 0 Å². The van der Waals surface area contributed by atoms with Gasteiger partial charge in [0.25, 0.3) is 0 Å². The van der Waals surface area contributed by atoms with Crippen molar-refractivity contribution in [1.29, 1.82) is 0 Å². The first kappa shape index (κ1) is 18.7. The van der Waals surface area contributed by atoms with Crippen LogP contribution >= 0.6 is 0 Å². The number of anilines is 1. The molecule has 0 amide bonds.